The van der Waals surface area contributed by atoms with Gasteiger partial charge in [-0.15, -0.1) is 11.3 Å². The largest absolute Gasteiger partial charge is 0.308 e. The minimum Gasteiger partial charge on any atom is -0.308 e. The van der Waals surface area contributed by atoms with Gasteiger partial charge in [0.25, 0.3) is 0 Å². The van der Waals surface area contributed by atoms with Gasteiger partial charge in [-0.05, 0) is 105 Å². The summed E-state index contributed by atoms with van der Waals surface area (Å²) in [5, 5.41) is 7.76. The molecule has 0 unspecified atom stereocenters. The molecule has 0 aliphatic heterocycles. The number of benzene rings is 9. The van der Waals surface area contributed by atoms with E-state index in [2.05, 4.69) is 217 Å². The first-order chi connectivity index (χ1) is 29.5. The van der Waals surface area contributed by atoms with Crippen molar-refractivity contribution in [2.75, 3.05) is 4.90 Å². The summed E-state index contributed by atoms with van der Waals surface area (Å²) in [4.78, 5) is 2.45. The number of fused-ring (bicyclic) bond motifs is 12. The van der Waals surface area contributed by atoms with Gasteiger partial charge in [-0.25, -0.2) is 0 Å². The highest BCUT2D eigenvalue weighted by atomic mass is 32.1. The van der Waals surface area contributed by atoms with Crippen LogP contribution < -0.4 is 4.90 Å². The van der Waals surface area contributed by atoms with Gasteiger partial charge < -0.3 is 9.30 Å². The Labute approximate surface area is 352 Å². The predicted molar refractivity (Wildman–Crippen MR) is 257 cm³/mol. The number of thiophene rings is 1. The molecule has 2 nitrogen and oxygen atoms in total. The van der Waals surface area contributed by atoms with E-state index in [0.29, 0.717) is 0 Å². The van der Waals surface area contributed by atoms with Gasteiger partial charge in [0.2, 0.25) is 0 Å². The van der Waals surface area contributed by atoms with Crippen LogP contribution in [0.3, 0.4) is 0 Å². The van der Waals surface area contributed by atoms with Gasteiger partial charge in [0, 0.05) is 58.5 Å². The van der Waals surface area contributed by atoms with Gasteiger partial charge >= 0.3 is 0 Å². The Morgan fingerprint density at radius 3 is 1.73 bits per heavy atom. The van der Waals surface area contributed by atoms with Crippen LogP contribution in [0.4, 0.5) is 17.1 Å². The fraction of sp³-hybridized carbons (Fsp3) is 0.0526. The van der Waals surface area contributed by atoms with Crippen molar-refractivity contribution in [2.24, 2.45) is 0 Å². The number of rotatable bonds is 5. The number of hydrogen-bond acceptors (Lipinski definition) is 2. The molecule has 12 aromatic rings. The lowest BCUT2D eigenvalue weighted by atomic mass is 9.82. The van der Waals surface area contributed by atoms with Crippen LogP contribution >= 0.6 is 11.3 Å². The molecule has 60 heavy (non-hydrogen) atoms. The normalized spacial score (nSPS) is 13.3. The molecule has 3 heteroatoms. The maximum Gasteiger partial charge on any atom is 0.0782 e. The molecule has 0 atom stereocenters. The summed E-state index contributed by atoms with van der Waals surface area (Å²) in [6.07, 6.45) is 0. The second-order valence-corrected chi connectivity index (χ2v) is 18.0. The van der Waals surface area contributed by atoms with E-state index in [0.717, 1.165) is 17.1 Å². The molecule has 0 saturated heterocycles. The molecule has 0 radical (unpaired) electrons. The van der Waals surface area contributed by atoms with Crippen molar-refractivity contribution >= 4 is 86.7 Å². The van der Waals surface area contributed by atoms with Crippen molar-refractivity contribution in [2.45, 2.75) is 19.3 Å². The standard InChI is InChI=1S/C57H38N2S/c1-57(2)49-17-6-3-11-41(49)47-33-37(25-31-50(47)57)35-21-27-39(28-22-35)58(40-29-23-36(24-30-40)38-26-32-54-48(34-38)43-13-5-8-20-53(43)60-54)52-19-10-16-46-45-15-9-14-44-42-12-4-7-18-51(42)59(55(44)45)56(46)52/h3-34H,1-2H3. The highest BCUT2D eigenvalue weighted by molar-refractivity contribution is 7.25. The topological polar surface area (TPSA) is 7.65 Å². The fourth-order valence-corrected chi connectivity index (χ4v) is 11.6. The maximum atomic E-state index is 2.50. The average Bonchev–Trinajstić information content (AvgIpc) is 4.02. The average molecular weight is 783 g/mol. The molecule has 13 rings (SSSR count). The molecular formula is C57H38N2S. The van der Waals surface area contributed by atoms with E-state index < -0.39 is 0 Å². The highest BCUT2D eigenvalue weighted by Gasteiger charge is 2.35. The second-order valence-electron chi connectivity index (χ2n) is 16.9. The SMILES string of the molecule is CC1(C)c2ccccc2-c2cc(-c3ccc(N(c4ccc(-c5ccc6sc7ccccc7c6c5)cc4)c4cccc5c6cccc7c8ccccc8n(c45)c76)cc3)ccc21. The number of aromatic nitrogens is 1. The third-order valence-electron chi connectivity index (χ3n) is 13.3. The Morgan fingerprint density at radius 1 is 0.400 bits per heavy atom. The summed E-state index contributed by atoms with van der Waals surface area (Å²) in [6, 6.07) is 72.4. The van der Waals surface area contributed by atoms with Gasteiger partial charge in [-0.1, -0.05) is 147 Å². The van der Waals surface area contributed by atoms with Crippen molar-refractivity contribution < 1.29 is 0 Å². The first-order valence-electron chi connectivity index (χ1n) is 20.8. The minimum absolute atomic E-state index is 0.0123. The number of anilines is 3. The van der Waals surface area contributed by atoms with E-state index in [1.165, 1.54) is 103 Å². The third-order valence-corrected chi connectivity index (χ3v) is 14.5. The van der Waals surface area contributed by atoms with Crippen molar-refractivity contribution in [3.63, 3.8) is 0 Å². The zero-order valence-electron chi connectivity index (χ0n) is 33.3. The molecule has 0 saturated carbocycles. The first-order valence-corrected chi connectivity index (χ1v) is 21.7. The quantitative estimate of drug-likeness (QED) is 0.169. The Kier molecular flexibility index (Phi) is 6.98. The summed E-state index contributed by atoms with van der Waals surface area (Å²) in [5.74, 6) is 0. The van der Waals surface area contributed by atoms with Gasteiger partial charge in [0.15, 0.2) is 0 Å². The van der Waals surface area contributed by atoms with Gasteiger partial charge in [-0.2, -0.15) is 0 Å². The molecule has 282 valence electrons. The van der Waals surface area contributed by atoms with Gasteiger partial charge in [-0.3, -0.25) is 0 Å². The van der Waals surface area contributed by atoms with Crippen LogP contribution in [0.5, 0.6) is 0 Å². The number of para-hydroxylation sites is 3. The molecule has 3 aromatic heterocycles. The molecule has 0 N–H and O–H groups in total. The second kappa shape index (κ2) is 12.4. The highest BCUT2D eigenvalue weighted by Crippen LogP contribution is 2.50. The summed E-state index contributed by atoms with van der Waals surface area (Å²) in [7, 11) is 0. The molecule has 1 aliphatic rings. The monoisotopic (exact) mass is 782 g/mol. The summed E-state index contributed by atoms with van der Waals surface area (Å²) in [6.45, 7) is 4.69. The molecule has 3 heterocycles. The zero-order valence-corrected chi connectivity index (χ0v) is 34.1. The number of nitrogens with zero attached hydrogens (tertiary/aromatic N) is 2. The molecule has 0 spiro atoms. The summed E-state index contributed by atoms with van der Waals surface area (Å²) >= 11 is 1.86. The molecular weight excluding hydrogens is 745 g/mol. The third kappa shape index (κ3) is 4.70. The Bertz CT molecular complexity index is 3680. The molecule has 1 aliphatic carbocycles. The van der Waals surface area contributed by atoms with Crippen molar-refractivity contribution in [1.29, 1.82) is 0 Å². The van der Waals surface area contributed by atoms with E-state index in [4.69, 9.17) is 0 Å². The molecule has 9 aromatic carbocycles. The Morgan fingerprint density at radius 2 is 0.950 bits per heavy atom. The van der Waals surface area contributed by atoms with Gasteiger partial charge in [0.1, 0.15) is 0 Å². The lowest BCUT2D eigenvalue weighted by Gasteiger charge is -2.27. The van der Waals surface area contributed by atoms with Crippen LogP contribution in [-0.2, 0) is 5.41 Å². The van der Waals surface area contributed by atoms with Crippen LogP contribution in [0.15, 0.2) is 194 Å². The Hall–Kier alpha value is -7.20. The number of hydrogen-bond donors (Lipinski definition) is 0. The minimum atomic E-state index is -0.0123. The van der Waals surface area contributed by atoms with Crippen molar-refractivity contribution in [3.8, 4) is 33.4 Å². The van der Waals surface area contributed by atoms with Crippen LogP contribution in [-0.4, -0.2) is 4.40 Å². The van der Waals surface area contributed by atoms with Crippen molar-refractivity contribution in [1.82, 2.24) is 4.40 Å². The van der Waals surface area contributed by atoms with E-state index in [1.54, 1.807) is 0 Å². The lowest BCUT2D eigenvalue weighted by molar-refractivity contribution is 0.660. The molecule has 0 amide bonds. The fourth-order valence-electron chi connectivity index (χ4n) is 10.5. The van der Waals surface area contributed by atoms with E-state index in [1.807, 2.05) is 11.3 Å². The molecule has 0 bridgehead atoms. The predicted octanol–water partition coefficient (Wildman–Crippen LogP) is 16.3. The van der Waals surface area contributed by atoms with Crippen LogP contribution in [0.2, 0.25) is 0 Å². The Balaban J connectivity index is 0.979. The smallest absolute Gasteiger partial charge is 0.0782 e. The van der Waals surface area contributed by atoms with E-state index in [-0.39, 0.29) is 5.41 Å². The van der Waals surface area contributed by atoms with Gasteiger partial charge in [0.05, 0.1) is 22.2 Å². The molecule has 0 fully saturated rings. The summed E-state index contributed by atoms with van der Waals surface area (Å²) in [5.41, 5.74) is 17.5. The van der Waals surface area contributed by atoms with Crippen LogP contribution in [0, 0.1) is 0 Å². The lowest BCUT2D eigenvalue weighted by Crippen LogP contribution is -2.14. The van der Waals surface area contributed by atoms with Crippen LogP contribution in [0.25, 0.3) is 91.6 Å². The van der Waals surface area contributed by atoms with E-state index in [9.17, 15) is 0 Å². The maximum absolute atomic E-state index is 2.50. The van der Waals surface area contributed by atoms with E-state index >= 15 is 0 Å². The first kappa shape index (κ1) is 33.7. The summed E-state index contributed by atoms with van der Waals surface area (Å²) < 4.78 is 5.16. The van der Waals surface area contributed by atoms with Crippen LogP contribution in [0.1, 0.15) is 25.0 Å². The zero-order chi connectivity index (χ0) is 39.7. The van der Waals surface area contributed by atoms with Crippen molar-refractivity contribution in [3.05, 3.63) is 205 Å².